The number of Topliss-reactive ketones (excluding diaryl/α,β-unsaturated/α-hetero) is 2. The van der Waals surface area contributed by atoms with Crippen molar-refractivity contribution >= 4 is 114 Å². The molecule has 3 atom stereocenters. The Labute approximate surface area is 293 Å². The van der Waals surface area contributed by atoms with Crippen molar-refractivity contribution in [1.29, 1.82) is 0 Å². The van der Waals surface area contributed by atoms with E-state index in [1.54, 1.807) is 0 Å². The second-order valence-corrected chi connectivity index (χ2v) is 11.8. The summed E-state index contributed by atoms with van der Waals surface area (Å²) in [4.78, 5) is 113. The van der Waals surface area contributed by atoms with Gasteiger partial charge in [0.25, 0.3) is 0 Å². The number of halogens is 5. The van der Waals surface area contributed by atoms with Crippen LogP contribution in [0.2, 0.25) is 0 Å². The van der Waals surface area contributed by atoms with E-state index >= 15 is 0 Å². The maximum Gasteiger partial charge on any atom is 0.306 e. The minimum absolute atomic E-state index is 0.0864. The number of carboxylic acid groups (broad SMARTS) is 1. The molecule has 0 spiro atoms. The highest BCUT2D eigenvalue weighted by Crippen LogP contribution is 2.35. The number of rotatable bonds is 24. The number of esters is 1. The smallest absolute Gasteiger partial charge is 0.306 e. The lowest BCUT2D eigenvalue weighted by Gasteiger charge is -2.39. The predicted octanol–water partition coefficient (Wildman–Crippen LogP) is 2.07. The van der Waals surface area contributed by atoms with Gasteiger partial charge in [0.1, 0.15) is 24.9 Å². The Kier molecular flexibility index (Phi) is 24.4. The topological polar surface area (TPSA) is 253 Å². The summed E-state index contributed by atoms with van der Waals surface area (Å²) in [6.07, 6.45) is -8.11. The number of aliphatic carboxylic acids is 1. The van der Waals surface area contributed by atoms with Gasteiger partial charge in [-0.05, 0) is 70.8 Å². The highest BCUT2D eigenvalue weighted by atomic mass is 35.5. The van der Waals surface area contributed by atoms with E-state index in [0.29, 0.717) is 0 Å². The van der Waals surface area contributed by atoms with Gasteiger partial charge in [0.05, 0.1) is 18.3 Å². The maximum absolute atomic E-state index is 12.5. The minimum atomic E-state index is -2.08. The van der Waals surface area contributed by atoms with Crippen molar-refractivity contribution in [2.45, 2.75) is 95.8 Å². The van der Waals surface area contributed by atoms with E-state index in [-0.39, 0.29) is 32.1 Å². The van der Waals surface area contributed by atoms with Crippen LogP contribution in [0.4, 0.5) is 0 Å². The van der Waals surface area contributed by atoms with Crippen LogP contribution in [-0.4, -0.2) is 95.8 Å². The summed E-state index contributed by atoms with van der Waals surface area (Å²) < 4.78 is 5.09. The number of ketones is 2. The summed E-state index contributed by atoms with van der Waals surface area (Å²) in [6.45, 7) is 0.538. The van der Waals surface area contributed by atoms with Gasteiger partial charge in [-0.15, -0.1) is 0 Å². The molecule has 0 heterocycles. The van der Waals surface area contributed by atoms with E-state index < -0.39 is 124 Å². The highest BCUT2D eigenvalue weighted by Gasteiger charge is 2.50. The van der Waals surface area contributed by atoms with E-state index in [1.165, 1.54) is 6.92 Å². The standard InChI is InChI=1S/C23H29Cl4NO11.C4H5ClO3/c1-2-23(20(36)13(29)4-7-16(25)32,21(37)14(30)5-8-17(26)33)11-39-19(35)10-9-18(34)28-12(22(27)38)3-6-15(24)31;5-3(6)1-2-4(7)8/h12,20-21,36-37H,2-11H2,1H3,(H,28,34);1-2H2,(H,7,8)/t12-,20+,21+;/m0./s1. The second kappa shape index (κ2) is 24.6. The van der Waals surface area contributed by atoms with E-state index in [0.717, 1.165) is 0 Å². The van der Waals surface area contributed by atoms with E-state index in [4.69, 9.17) is 67.8 Å². The molecule has 0 radical (unpaired) electrons. The number of aliphatic hydroxyl groups is 2. The monoisotopic (exact) mass is 771 g/mol. The minimum Gasteiger partial charge on any atom is -0.481 e. The number of carbonyl (C=O) groups excluding carboxylic acids is 9. The number of ether oxygens (including phenoxy) is 1. The summed E-state index contributed by atoms with van der Waals surface area (Å²) in [7, 11) is 0. The zero-order valence-electron chi connectivity index (χ0n) is 24.9. The molecule has 20 heteroatoms. The fraction of sp³-hybridized carbons (Fsp3) is 0.630. The predicted molar refractivity (Wildman–Crippen MR) is 166 cm³/mol. The van der Waals surface area contributed by atoms with Gasteiger partial charge in [-0.25, -0.2) is 0 Å². The highest BCUT2D eigenvalue weighted by molar-refractivity contribution is 6.65. The molecule has 266 valence electrons. The van der Waals surface area contributed by atoms with Gasteiger partial charge in [-0.2, -0.15) is 0 Å². The average molecular weight is 774 g/mol. The van der Waals surface area contributed by atoms with Gasteiger partial charge in [-0.3, -0.25) is 47.9 Å². The number of carboxylic acids is 1. The molecule has 0 saturated carbocycles. The Hall–Kier alpha value is -2.53. The molecule has 0 unspecified atom stereocenters. The molecule has 4 N–H and O–H groups in total. The average Bonchev–Trinajstić information content (AvgIpc) is 2.98. The van der Waals surface area contributed by atoms with Crippen LogP contribution in [0.3, 0.4) is 0 Å². The van der Waals surface area contributed by atoms with E-state index in [1.807, 2.05) is 0 Å². The fourth-order valence-corrected chi connectivity index (χ4v) is 4.18. The Morgan fingerprint density at radius 2 is 1.06 bits per heavy atom. The van der Waals surface area contributed by atoms with Crippen molar-refractivity contribution in [3.63, 3.8) is 0 Å². The third-order valence-corrected chi connectivity index (χ3v) is 7.34. The molecule has 0 rings (SSSR count). The summed E-state index contributed by atoms with van der Waals surface area (Å²) in [5, 5.41) is 27.7. The van der Waals surface area contributed by atoms with Crippen molar-refractivity contribution in [3.05, 3.63) is 0 Å². The van der Waals surface area contributed by atoms with Crippen LogP contribution in [0.15, 0.2) is 0 Å². The molecule has 0 fully saturated rings. The first-order valence-electron chi connectivity index (χ1n) is 13.7. The van der Waals surface area contributed by atoms with Crippen LogP contribution < -0.4 is 5.32 Å². The van der Waals surface area contributed by atoms with Crippen molar-refractivity contribution in [2.24, 2.45) is 5.41 Å². The molecular weight excluding hydrogens is 740 g/mol. The molecule has 0 aliphatic heterocycles. The van der Waals surface area contributed by atoms with Crippen LogP contribution in [0.1, 0.15) is 77.6 Å². The van der Waals surface area contributed by atoms with Crippen LogP contribution >= 0.6 is 58.0 Å². The lowest BCUT2D eigenvalue weighted by atomic mass is 9.71. The molecule has 0 aromatic heterocycles. The largest absolute Gasteiger partial charge is 0.481 e. The second-order valence-electron chi connectivity index (χ2n) is 9.76. The van der Waals surface area contributed by atoms with Crippen molar-refractivity contribution < 1.29 is 68.0 Å². The number of carbonyl (C=O) groups is 10. The van der Waals surface area contributed by atoms with Gasteiger partial charge in [-0.1, -0.05) is 6.92 Å². The number of hydrogen-bond donors (Lipinski definition) is 4. The van der Waals surface area contributed by atoms with Gasteiger partial charge in [0.15, 0.2) is 11.6 Å². The Morgan fingerprint density at radius 3 is 1.40 bits per heavy atom. The van der Waals surface area contributed by atoms with Crippen LogP contribution in [0.25, 0.3) is 0 Å². The molecular formula is C27H34Cl5NO14. The first kappa shape index (κ1) is 46.6. The Balaban J connectivity index is 0. The fourth-order valence-electron chi connectivity index (χ4n) is 3.63. The van der Waals surface area contributed by atoms with Gasteiger partial charge in [0, 0.05) is 44.9 Å². The van der Waals surface area contributed by atoms with Gasteiger partial charge in [0.2, 0.25) is 32.1 Å². The lowest BCUT2D eigenvalue weighted by Crippen LogP contribution is -2.55. The molecule has 0 aliphatic carbocycles. The van der Waals surface area contributed by atoms with E-state index in [9.17, 15) is 58.2 Å². The molecule has 1 amide bonds. The summed E-state index contributed by atoms with van der Waals surface area (Å²) in [6, 6.07) is -1.23. The molecule has 47 heavy (non-hydrogen) atoms. The third kappa shape index (κ3) is 21.1. The van der Waals surface area contributed by atoms with Crippen LogP contribution in [0.5, 0.6) is 0 Å². The third-order valence-electron chi connectivity index (χ3n) is 6.33. The summed E-state index contributed by atoms with van der Waals surface area (Å²) >= 11 is 25.9. The van der Waals surface area contributed by atoms with Gasteiger partial charge < -0.3 is 25.4 Å². The zero-order chi connectivity index (χ0) is 36.9. The van der Waals surface area contributed by atoms with Crippen LogP contribution in [-0.2, 0) is 52.7 Å². The first-order chi connectivity index (χ1) is 21.7. The van der Waals surface area contributed by atoms with Crippen molar-refractivity contribution in [1.82, 2.24) is 5.32 Å². The number of hydrogen-bond acceptors (Lipinski definition) is 13. The van der Waals surface area contributed by atoms with Crippen LogP contribution in [0, 0.1) is 5.41 Å². The van der Waals surface area contributed by atoms with E-state index in [2.05, 4.69) is 5.32 Å². The molecule has 15 nitrogen and oxygen atoms in total. The molecule has 0 saturated heterocycles. The zero-order valence-corrected chi connectivity index (χ0v) is 28.7. The Bertz CT molecular complexity index is 1130. The Morgan fingerprint density at radius 1 is 0.638 bits per heavy atom. The number of amides is 1. The maximum atomic E-state index is 12.5. The molecule has 0 bridgehead atoms. The molecule has 0 aliphatic rings. The summed E-state index contributed by atoms with van der Waals surface area (Å²) in [5.41, 5.74) is -2.07. The SMILES string of the molecule is CCC(COC(=O)CCC(=O)N[C@@H](CCC(=O)Cl)C(=O)Cl)([C@H](O)C(=O)CCC(=O)Cl)[C@H](O)C(=O)CCC(=O)Cl.O=C(O)CCC(=O)Cl. The molecule has 0 aromatic rings. The normalized spacial score (nSPS) is 12.7. The number of nitrogens with one attached hydrogen (secondary N) is 1. The number of aliphatic hydroxyl groups excluding tert-OH is 2. The first-order valence-corrected chi connectivity index (χ1v) is 15.6. The van der Waals surface area contributed by atoms with Gasteiger partial charge >= 0.3 is 11.9 Å². The molecule has 0 aromatic carbocycles. The van der Waals surface area contributed by atoms with Crippen molar-refractivity contribution in [2.75, 3.05) is 6.61 Å². The van der Waals surface area contributed by atoms with Crippen molar-refractivity contribution in [3.8, 4) is 0 Å². The lowest BCUT2D eigenvalue weighted by molar-refractivity contribution is -0.170. The quantitative estimate of drug-likeness (QED) is 0.0810. The summed E-state index contributed by atoms with van der Waals surface area (Å²) in [5.74, 6) is -4.75.